The van der Waals surface area contributed by atoms with Gasteiger partial charge >= 0.3 is 0 Å². The topological polar surface area (TPSA) is 30.0 Å². The van der Waals surface area contributed by atoms with Crippen LogP contribution in [0, 0.1) is 6.92 Å². The maximum absolute atomic E-state index is 12.0. The van der Waals surface area contributed by atoms with E-state index in [1.807, 2.05) is 25.1 Å². The molecule has 2 nitrogen and oxygen atoms in total. The van der Waals surface area contributed by atoms with E-state index < -0.39 is 0 Å². The van der Waals surface area contributed by atoms with Crippen molar-refractivity contribution in [3.8, 4) is 0 Å². The zero-order chi connectivity index (χ0) is 12.3. The first-order valence-corrected chi connectivity index (χ1v) is 5.73. The van der Waals surface area contributed by atoms with Crippen molar-refractivity contribution in [3.63, 3.8) is 0 Å². The number of hydrogen-bond donors (Lipinski definition) is 0. The molecule has 0 spiro atoms. The molecule has 1 aromatic carbocycles. The van der Waals surface area contributed by atoms with Crippen molar-refractivity contribution in [2.75, 3.05) is 0 Å². The number of rotatable bonds is 3. The Hall–Kier alpha value is -1.67. The van der Waals surface area contributed by atoms with E-state index in [0.717, 1.165) is 11.1 Å². The van der Waals surface area contributed by atoms with Crippen LogP contribution in [0.25, 0.3) is 0 Å². The fraction of sp³-hybridized carbons (Fsp3) is 0.143. The van der Waals surface area contributed by atoms with Gasteiger partial charge in [-0.15, -0.1) is 0 Å². The summed E-state index contributed by atoms with van der Waals surface area (Å²) in [5, 5.41) is 0.679. The van der Waals surface area contributed by atoms with E-state index in [1.165, 1.54) is 0 Å². The van der Waals surface area contributed by atoms with Crippen molar-refractivity contribution in [2.24, 2.45) is 0 Å². The highest BCUT2D eigenvalue weighted by Crippen LogP contribution is 2.13. The summed E-state index contributed by atoms with van der Waals surface area (Å²) in [6, 6.07) is 9.16. The van der Waals surface area contributed by atoms with Crippen LogP contribution in [0.4, 0.5) is 0 Å². The summed E-state index contributed by atoms with van der Waals surface area (Å²) >= 11 is 5.80. The van der Waals surface area contributed by atoms with Gasteiger partial charge in [0.1, 0.15) is 0 Å². The molecule has 1 heterocycles. The minimum Gasteiger partial charge on any atom is -0.294 e. The van der Waals surface area contributed by atoms with Gasteiger partial charge in [-0.2, -0.15) is 0 Å². The molecule has 0 aliphatic rings. The third-order valence-electron chi connectivity index (χ3n) is 2.62. The van der Waals surface area contributed by atoms with Crippen LogP contribution in [0.2, 0.25) is 5.02 Å². The lowest BCUT2D eigenvalue weighted by Gasteiger charge is -2.04. The Morgan fingerprint density at radius 2 is 1.94 bits per heavy atom. The van der Waals surface area contributed by atoms with E-state index in [1.54, 1.807) is 24.5 Å². The number of halogens is 1. The largest absolute Gasteiger partial charge is 0.294 e. The van der Waals surface area contributed by atoms with Crippen LogP contribution < -0.4 is 0 Å². The lowest BCUT2D eigenvalue weighted by atomic mass is 10.0. The summed E-state index contributed by atoms with van der Waals surface area (Å²) in [4.78, 5) is 16.0. The van der Waals surface area contributed by atoms with E-state index in [0.29, 0.717) is 17.0 Å². The number of hydrogen-bond acceptors (Lipinski definition) is 2. The lowest BCUT2D eigenvalue weighted by Crippen LogP contribution is -2.06. The van der Waals surface area contributed by atoms with E-state index in [9.17, 15) is 4.79 Å². The molecule has 3 heteroatoms. The predicted octanol–water partition coefficient (Wildman–Crippen LogP) is 3.47. The molecule has 17 heavy (non-hydrogen) atoms. The number of aromatic nitrogens is 1. The van der Waals surface area contributed by atoms with Crippen LogP contribution >= 0.6 is 11.6 Å². The van der Waals surface area contributed by atoms with Gasteiger partial charge in [0.15, 0.2) is 5.78 Å². The van der Waals surface area contributed by atoms with Gasteiger partial charge in [-0.1, -0.05) is 23.7 Å². The number of carbonyl (C=O) groups is 1. The molecule has 0 N–H and O–H groups in total. The zero-order valence-electron chi connectivity index (χ0n) is 9.48. The standard InChI is InChI=1S/C14H12ClNO/c1-10-6-7-16-9-13(10)14(17)8-11-2-4-12(15)5-3-11/h2-7,9H,8H2,1H3. The van der Waals surface area contributed by atoms with Gasteiger partial charge in [0.05, 0.1) is 0 Å². The fourth-order valence-corrected chi connectivity index (χ4v) is 1.76. The highest BCUT2D eigenvalue weighted by molar-refractivity contribution is 6.30. The third-order valence-corrected chi connectivity index (χ3v) is 2.87. The first-order valence-electron chi connectivity index (χ1n) is 5.35. The molecule has 0 aliphatic heterocycles. The molecule has 0 atom stereocenters. The molecular formula is C14H12ClNO. The van der Waals surface area contributed by atoms with Crippen LogP contribution in [-0.4, -0.2) is 10.8 Å². The summed E-state index contributed by atoms with van der Waals surface area (Å²) in [6.07, 6.45) is 3.69. The monoisotopic (exact) mass is 245 g/mol. The zero-order valence-corrected chi connectivity index (χ0v) is 10.2. The summed E-state index contributed by atoms with van der Waals surface area (Å²) in [5.74, 6) is 0.0814. The summed E-state index contributed by atoms with van der Waals surface area (Å²) in [7, 11) is 0. The summed E-state index contributed by atoms with van der Waals surface area (Å²) in [5.41, 5.74) is 2.60. The molecule has 0 aliphatic carbocycles. The number of benzene rings is 1. The molecule has 0 bridgehead atoms. The molecule has 2 rings (SSSR count). The van der Waals surface area contributed by atoms with Gasteiger partial charge in [0, 0.05) is 29.4 Å². The van der Waals surface area contributed by atoms with Crippen molar-refractivity contribution in [1.29, 1.82) is 0 Å². The highest BCUT2D eigenvalue weighted by Gasteiger charge is 2.09. The van der Waals surface area contributed by atoms with Crippen molar-refractivity contribution < 1.29 is 4.79 Å². The number of ketones is 1. The van der Waals surface area contributed by atoms with Gasteiger partial charge in [-0.3, -0.25) is 9.78 Å². The van der Waals surface area contributed by atoms with E-state index >= 15 is 0 Å². The molecule has 0 saturated carbocycles. The molecule has 1 aromatic heterocycles. The van der Waals surface area contributed by atoms with Crippen molar-refractivity contribution >= 4 is 17.4 Å². The van der Waals surface area contributed by atoms with Crippen molar-refractivity contribution in [2.45, 2.75) is 13.3 Å². The van der Waals surface area contributed by atoms with Crippen LogP contribution in [0.5, 0.6) is 0 Å². The average molecular weight is 246 g/mol. The van der Waals surface area contributed by atoms with E-state index in [4.69, 9.17) is 11.6 Å². The number of nitrogens with zero attached hydrogens (tertiary/aromatic N) is 1. The van der Waals surface area contributed by atoms with Gasteiger partial charge in [0.2, 0.25) is 0 Å². The van der Waals surface area contributed by atoms with Crippen LogP contribution in [0.15, 0.2) is 42.7 Å². The van der Waals surface area contributed by atoms with Crippen LogP contribution in [-0.2, 0) is 6.42 Å². The predicted molar refractivity (Wildman–Crippen MR) is 68.5 cm³/mol. The van der Waals surface area contributed by atoms with Crippen molar-refractivity contribution in [1.82, 2.24) is 4.98 Å². The Morgan fingerprint density at radius 3 is 2.59 bits per heavy atom. The minimum atomic E-state index is 0.0814. The normalized spacial score (nSPS) is 10.2. The second-order valence-electron chi connectivity index (χ2n) is 3.92. The maximum atomic E-state index is 12.0. The second kappa shape index (κ2) is 5.11. The SMILES string of the molecule is Cc1ccncc1C(=O)Cc1ccc(Cl)cc1. The lowest BCUT2D eigenvalue weighted by molar-refractivity contribution is 0.0992. The second-order valence-corrected chi connectivity index (χ2v) is 4.35. The quantitative estimate of drug-likeness (QED) is 0.775. The van der Waals surface area contributed by atoms with Gasteiger partial charge < -0.3 is 0 Å². The number of carbonyl (C=O) groups excluding carboxylic acids is 1. The van der Waals surface area contributed by atoms with E-state index in [2.05, 4.69) is 4.98 Å². The molecule has 0 saturated heterocycles. The smallest absolute Gasteiger partial charge is 0.169 e. The molecule has 2 aromatic rings. The Morgan fingerprint density at radius 1 is 1.24 bits per heavy atom. The Balaban J connectivity index is 2.17. The molecule has 0 amide bonds. The summed E-state index contributed by atoms with van der Waals surface area (Å²) in [6.45, 7) is 1.91. The highest BCUT2D eigenvalue weighted by atomic mass is 35.5. The van der Waals surface area contributed by atoms with Gasteiger partial charge in [-0.25, -0.2) is 0 Å². The molecule has 0 unspecified atom stereocenters. The number of Topliss-reactive ketones (excluding diaryl/α,β-unsaturated/α-hetero) is 1. The maximum Gasteiger partial charge on any atom is 0.169 e. The van der Waals surface area contributed by atoms with Gasteiger partial charge in [-0.05, 0) is 36.2 Å². The molecule has 0 fully saturated rings. The molecule has 86 valence electrons. The van der Waals surface area contributed by atoms with E-state index in [-0.39, 0.29) is 5.78 Å². The number of pyridine rings is 1. The van der Waals surface area contributed by atoms with Crippen LogP contribution in [0.3, 0.4) is 0 Å². The number of aryl methyl sites for hydroxylation is 1. The summed E-state index contributed by atoms with van der Waals surface area (Å²) < 4.78 is 0. The molecular weight excluding hydrogens is 234 g/mol. The first-order chi connectivity index (χ1) is 8.16. The molecule has 0 radical (unpaired) electrons. The third kappa shape index (κ3) is 2.92. The fourth-order valence-electron chi connectivity index (χ4n) is 1.64. The van der Waals surface area contributed by atoms with Crippen LogP contribution in [0.1, 0.15) is 21.5 Å². The Labute approximate surface area is 105 Å². The first kappa shape index (κ1) is 11.8. The minimum absolute atomic E-state index is 0.0814. The Kier molecular flexibility index (Phi) is 3.55. The average Bonchev–Trinajstić information content (AvgIpc) is 2.32. The van der Waals surface area contributed by atoms with Gasteiger partial charge in [0.25, 0.3) is 0 Å². The Bertz CT molecular complexity index is 534. The van der Waals surface area contributed by atoms with Crippen molar-refractivity contribution in [3.05, 3.63) is 64.4 Å².